The molecule has 0 aromatic rings. The minimum absolute atomic E-state index is 0. The molecule has 21 aliphatic rings. The Bertz CT molecular complexity index is 4350. The Kier molecular flexibility index (Phi) is 47.8. The number of hydrogen-bond acceptors (Lipinski definition) is 36. The van der Waals surface area contributed by atoms with Crippen LogP contribution in [-0.4, -0.2) is 248 Å². The van der Waals surface area contributed by atoms with E-state index < -0.39 is 142 Å². The van der Waals surface area contributed by atoms with E-state index in [1.807, 2.05) is 125 Å². The van der Waals surface area contributed by atoms with Gasteiger partial charge in [0, 0.05) is 44.3 Å². The fourth-order valence-corrected chi connectivity index (χ4v) is 21.0. The molecule has 0 spiro atoms. The average Bonchev–Trinajstić information content (AvgIpc) is 1.55. The standard InChI is InChI=1S/C15H22O7.C15H20O7.C14H20O4.C14H22O4.C13H18O5.C9H12O2.C8H12O2.2C7H14O2.C2H6O.7CH4/c1-6-14(2,3)13(17)20-9-7-8(18-11(9)16)10-12(19-7)22-15(4,5)21-10;1-5-15(2,3)14(18)22-11-8-6(12(16)19-4)7-9(20-8)10(11)21-13(7)17;1-4-14(2,3)13(16)18-11-8-5-7-6-9(8)12(15)17-10(7)11;1-5-13(2,3)12(16)17-10-8-9-6-7-14(10,4)18-11(9)15;1-4-13(2,3)12(15)18-9-7-5-6-8(16-7)10(9)17-11(6)14;10-9-8-6-2-1-5(3-6)7(8)4-11-9;9-8-7-4-2-1-3-6(7)5-10-8;2*1-5-7(2,3)6(8)9-4;1-3-2;;;;;;;/h7-10,12H,6H2,1-5H3;6-11H,5H2,1-4H3;7-11H,4-6H2,1-3H3;9-10H,5-8H2,1-4H3;6-10H,4-5H2,1-3H3;5-8H,1-4H2;6-7H,1-5H2;2*5H2,1-4H3;1-2H3;7*1H4. The Labute approximate surface area is 876 Å². The first-order chi connectivity index (χ1) is 65.3. The van der Waals surface area contributed by atoms with Crippen molar-refractivity contribution in [3.8, 4) is 0 Å². The lowest BCUT2D eigenvalue weighted by Gasteiger charge is -2.48. The first-order valence-corrected chi connectivity index (χ1v) is 50.8. The van der Waals surface area contributed by atoms with Gasteiger partial charge in [-0.25, -0.2) is 4.79 Å². The van der Waals surface area contributed by atoms with Gasteiger partial charge in [0.15, 0.2) is 48.7 Å². The van der Waals surface area contributed by atoms with Crippen molar-refractivity contribution in [3.63, 3.8) is 0 Å². The Morgan fingerprint density at radius 2 is 0.796 bits per heavy atom. The summed E-state index contributed by atoms with van der Waals surface area (Å²) in [6, 6.07) is 0. The van der Waals surface area contributed by atoms with Crippen LogP contribution in [0.25, 0.3) is 0 Å². The summed E-state index contributed by atoms with van der Waals surface area (Å²) in [6.07, 6.45) is 10.6. The van der Waals surface area contributed by atoms with Crippen molar-refractivity contribution < 1.29 is 171 Å². The van der Waals surface area contributed by atoms with E-state index in [-0.39, 0.29) is 189 Å². The molecule has 15 heterocycles. The number of fused-ring (bicyclic) bond motifs is 15. The normalized spacial score (nSPS) is 34.2. The van der Waals surface area contributed by atoms with Crippen molar-refractivity contribution in [1.29, 1.82) is 0 Å². The Hall–Kier alpha value is -8.19. The summed E-state index contributed by atoms with van der Waals surface area (Å²) >= 11 is 0. The Morgan fingerprint density at radius 3 is 1.28 bits per heavy atom. The number of esters is 15. The summed E-state index contributed by atoms with van der Waals surface area (Å²) in [5, 5.41) is 0. The van der Waals surface area contributed by atoms with Crippen LogP contribution in [0.1, 0.15) is 347 Å². The number of methoxy groups -OCH3 is 4. The van der Waals surface area contributed by atoms with Crippen molar-refractivity contribution >= 4 is 89.5 Å². The predicted molar refractivity (Wildman–Crippen MR) is 541 cm³/mol. The molecule has 6 aliphatic carbocycles. The minimum atomic E-state index is -1.07. The van der Waals surface area contributed by atoms with Gasteiger partial charge >= 0.3 is 89.5 Å². The highest BCUT2D eigenvalue weighted by Gasteiger charge is 2.73. The zero-order valence-corrected chi connectivity index (χ0v) is 88.0. The van der Waals surface area contributed by atoms with E-state index in [4.69, 9.17) is 85.3 Å². The fourth-order valence-electron chi connectivity index (χ4n) is 21.0. The van der Waals surface area contributed by atoms with Crippen LogP contribution in [0.2, 0.25) is 0 Å². The van der Waals surface area contributed by atoms with Crippen molar-refractivity contribution in [2.45, 2.75) is 456 Å². The molecule has 0 aromatic carbocycles. The number of cyclic esters (lactones) is 2. The molecule has 36 heteroatoms. The molecule has 0 radical (unpaired) electrons. The van der Waals surface area contributed by atoms with Crippen LogP contribution in [0.5, 0.6) is 0 Å². The molecule has 6 saturated carbocycles. The molecule has 36 nitrogen and oxygen atoms in total. The molecule has 30 unspecified atom stereocenters. The van der Waals surface area contributed by atoms with Gasteiger partial charge in [-0.15, -0.1) is 0 Å². The second-order valence-electron chi connectivity index (χ2n) is 45.8. The van der Waals surface area contributed by atoms with Crippen LogP contribution < -0.4 is 0 Å². The van der Waals surface area contributed by atoms with E-state index in [1.54, 1.807) is 55.8 Å². The third-order valence-corrected chi connectivity index (χ3v) is 33.3. The van der Waals surface area contributed by atoms with Crippen LogP contribution in [-0.2, 0) is 171 Å². The van der Waals surface area contributed by atoms with Gasteiger partial charge in [0.2, 0.25) is 6.10 Å². The first kappa shape index (κ1) is 133. The van der Waals surface area contributed by atoms with Gasteiger partial charge < -0.3 is 99.5 Å². The number of hydrogen-bond donors (Lipinski definition) is 0. The number of carbonyl (C=O) groups excluding carboxylic acids is 15. The second kappa shape index (κ2) is 52.9. The SMILES string of the molecule is C.C.C.C.C.C.C.CCC(C)(C)C(=O)OC.CCC(C)(C)C(=O)OC.CCC(C)(C)C(=O)OC1C(=O)OC2C3OC(C)(C)OC3OC12.CCC(C)(C)C(=O)OC1C2CC3C(=O)OC1C3O2.CCC(C)(C)C(=O)OC1C2CC3CC2C(=O)OC31.CCC(C)(C)C(=O)OC1C2OC(=O)C3C2OC1C3C(=O)OC.CCC(C)(C)C(=O)OC1CC2CCC1(C)OC2=O.COC.O=C1OCC2C3CCC(C3)C12.O=C1OCC2CCCCC12. The fraction of sp³-hybridized carbons (Fsp3) is 0.865. The lowest BCUT2D eigenvalue weighted by atomic mass is 9.74. The summed E-state index contributed by atoms with van der Waals surface area (Å²) < 4.78 is 111. The molecule has 15 saturated heterocycles. The predicted octanol–water partition coefficient (Wildman–Crippen LogP) is 17.5. The summed E-state index contributed by atoms with van der Waals surface area (Å²) in [6.45, 7) is 46.3. The number of ether oxygens (including phenoxy) is 21. The molecule has 0 amide bonds. The third kappa shape index (κ3) is 28.7. The highest BCUT2D eigenvalue weighted by Crippen LogP contribution is 2.58. The molecule has 12 bridgehead atoms. The molecule has 848 valence electrons. The maximum atomic E-state index is 12.3. The van der Waals surface area contributed by atoms with Gasteiger partial charge in [0.1, 0.15) is 60.2 Å². The zero-order chi connectivity index (χ0) is 104. The van der Waals surface area contributed by atoms with Crippen molar-refractivity contribution in [3.05, 3.63) is 0 Å². The van der Waals surface area contributed by atoms with Crippen LogP contribution in [0.4, 0.5) is 0 Å². The molecule has 21 fully saturated rings. The van der Waals surface area contributed by atoms with Crippen LogP contribution in [0.3, 0.4) is 0 Å². The highest BCUT2D eigenvalue weighted by atomic mass is 16.9. The summed E-state index contributed by atoms with van der Waals surface area (Å²) in [5.74, 6) is -2.14. The van der Waals surface area contributed by atoms with Crippen LogP contribution in [0, 0.1) is 115 Å². The van der Waals surface area contributed by atoms with Crippen molar-refractivity contribution in [2.75, 3.05) is 48.8 Å². The molecule has 21 rings (SSSR count). The molecule has 0 N–H and O–H groups in total. The Balaban J connectivity index is 0.000000427. The summed E-state index contributed by atoms with van der Waals surface area (Å²) in [5.41, 5.74) is -3.99. The Morgan fingerprint density at radius 1 is 0.340 bits per heavy atom. The molecule has 0 aromatic heterocycles. The summed E-state index contributed by atoms with van der Waals surface area (Å²) in [4.78, 5) is 175. The monoisotopic (exact) mass is 2100 g/mol. The van der Waals surface area contributed by atoms with E-state index in [0.29, 0.717) is 68.3 Å². The summed E-state index contributed by atoms with van der Waals surface area (Å²) in [7, 11) is 7.34. The van der Waals surface area contributed by atoms with E-state index in [2.05, 4.69) is 14.2 Å². The number of rotatable bonds is 20. The van der Waals surface area contributed by atoms with Crippen LogP contribution in [0.15, 0.2) is 0 Å². The van der Waals surface area contributed by atoms with E-state index in [0.717, 1.165) is 70.3 Å². The quantitative estimate of drug-likeness (QED) is 0.0807. The van der Waals surface area contributed by atoms with Crippen LogP contribution >= 0.6 is 0 Å². The number of carbonyl (C=O) groups is 15. The molecule has 30 atom stereocenters. The minimum Gasteiger partial charge on any atom is -0.469 e. The molecule has 15 aliphatic heterocycles. The lowest BCUT2D eigenvalue weighted by molar-refractivity contribution is -0.221. The average molecular weight is 2100 g/mol. The second-order valence-corrected chi connectivity index (χ2v) is 45.8. The van der Waals surface area contributed by atoms with Gasteiger partial charge in [-0.3, -0.25) is 67.1 Å². The molecule has 147 heavy (non-hydrogen) atoms. The van der Waals surface area contributed by atoms with E-state index >= 15 is 0 Å². The third-order valence-electron chi connectivity index (χ3n) is 33.3. The van der Waals surface area contributed by atoms with Crippen molar-refractivity contribution in [2.24, 2.45) is 115 Å². The van der Waals surface area contributed by atoms with Gasteiger partial charge in [-0.1, -0.05) is 113 Å². The van der Waals surface area contributed by atoms with Crippen molar-refractivity contribution in [1.82, 2.24) is 0 Å². The zero-order valence-electron chi connectivity index (χ0n) is 88.0. The smallest absolute Gasteiger partial charge is 0.350 e. The van der Waals surface area contributed by atoms with Gasteiger partial charge in [0.05, 0.1) is 108 Å². The largest absolute Gasteiger partial charge is 0.469 e. The van der Waals surface area contributed by atoms with Gasteiger partial charge in [0.25, 0.3) is 0 Å². The molecular weight excluding hydrogens is 1910 g/mol. The maximum absolute atomic E-state index is 12.3. The lowest BCUT2D eigenvalue weighted by Crippen LogP contribution is -2.57. The highest BCUT2D eigenvalue weighted by molar-refractivity contribution is 5.88. The van der Waals surface area contributed by atoms with Gasteiger partial charge in [-0.2, -0.15) is 0 Å². The topological polar surface area (TPSA) is 450 Å². The van der Waals surface area contributed by atoms with E-state index in [1.165, 1.54) is 59.9 Å². The molecular formula is C111H188O36. The maximum Gasteiger partial charge on any atom is 0.350 e. The first-order valence-electron chi connectivity index (χ1n) is 50.8. The van der Waals surface area contributed by atoms with Gasteiger partial charge in [-0.05, 0) is 239 Å². The van der Waals surface area contributed by atoms with E-state index in [9.17, 15) is 71.9 Å².